The monoisotopic (exact) mass is 416 g/mol. The standard InChI is InChI=1S/C23H20N4O2S/c28-22(26-24-14-6-10-19-11-7-15-29-19)17-30-23-25-20-12-4-5-13-21(20)27(23)16-18-8-2-1-3-9-18/h1-15H,16-17H2,(H,26,28)/b10-6+,24-14+. The van der Waals surface area contributed by atoms with Gasteiger partial charge in [-0.1, -0.05) is 54.2 Å². The minimum absolute atomic E-state index is 0.194. The average Bonchev–Trinajstić information content (AvgIpc) is 3.41. The van der Waals surface area contributed by atoms with Gasteiger partial charge in [-0.25, -0.2) is 10.4 Å². The molecule has 0 aliphatic carbocycles. The second kappa shape index (κ2) is 9.76. The largest absolute Gasteiger partial charge is 0.465 e. The van der Waals surface area contributed by atoms with Gasteiger partial charge in [0, 0.05) is 6.21 Å². The topological polar surface area (TPSA) is 72.4 Å². The van der Waals surface area contributed by atoms with Crippen LogP contribution in [-0.4, -0.2) is 27.4 Å². The highest BCUT2D eigenvalue weighted by atomic mass is 32.2. The lowest BCUT2D eigenvalue weighted by Crippen LogP contribution is -2.19. The number of benzene rings is 2. The molecule has 0 spiro atoms. The number of para-hydroxylation sites is 2. The van der Waals surface area contributed by atoms with Crippen LogP contribution in [0.4, 0.5) is 0 Å². The summed E-state index contributed by atoms with van der Waals surface area (Å²) in [4.78, 5) is 16.9. The quantitative estimate of drug-likeness (QED) is 0.259. The van der Waals surface area contributed by atoms with Crippen molar-refractivity contribution in [1.82, 2.24) is 15.0 Å². The third-order valence-corrected chi connectivity index (χ3v) is 5.27. The van der Waals surface area contributed by atoms with Crippen molar-refractivity contribution in [3.8, 4) is 0 Å². The van der Waals surface area contributed by atoms with E-state index in [9.17, 15) is 4.79 Å². The van der Waals surface area contributed by atoms with E-state index in [4.69, 9.17) is 9.40 Å². The number of fused-ring (bicyclic) bond motifs is 1. The first-order valence-corrected chi connectivity index (χ1v) is 10.4. The molecule has 0 aliphatic heterocycles. The number of imidazole rings is 1. The van der Waals surface area contributed by atoms with Crippen LogP contribution < -0.4 is 5.43 Å². The maximum atomic E-state index is 12.2. The van der Waals surface area contributed by atoms with Gasteiger partial charge in [0.2, 0.25) is 0 Å². The van der Waals surface area contributed by atoms with Crippen LogP contribution in [0, 0.1) is 0 Å². The van der Waals surface area contributed by atoms with E-state index in [1.807, 2.05) is 48.5 Å². The van der Waals surface area contributed by atoms with E-state index in [1.54, 1.807) is 24.5 Å². The number of amides is 1. The summed E-state index contributed by atoms with van der Waals surface area (Å²) < 4.78 is 7.32. The van der Waals surface area contributed by atoms with Crippen LogP contribution in [0.2, 0.25) is 0 Å². The van der Waals surface area contributed by atoms with Gasteiger partial charge in [0.1, 0.15) is 5.76 Å². The van der Waals surface area contributed by atoms with Crippen LogP contribution in [-0.2, 0) is 11.3 Å². The smallest absolute Gasteiger partial charge is 0.250 e. The van der Waals surface area contributed by atoms with Gasteiger partial charge in [-0.15, -0.1) is 0 Å². The fourth-order valence-corrected chi connectivity index (χ4v) is 3.73. The third-order valence-electron chi connectivity index (χ3n) is 4.29. The van der Waals surface area contributed by atoms with Gasteiger partial charge in [-0.3, -0.25) is 4.79 Å². The van der Waals surface area contributed by atoms with E-state index in [0.29, 0.717) is 6.54 Å². The number of nitrogens with one attached hydrogen (secondary N) is 1. The summed E-state index contributed by atoms with van der Waals surface area (Å²) in [5, 5.41) is 4.73. The third kappa shape index (κ3) is 5.07. The predicted octanol–water partition coefficient (Wildman–Crippen LogP) is 4.59. The molecule has 2 heterocycles. The molecule has 0 radical (unpaired) electrons. The molecule has 0 aliphatic rings. The number of hydrogen-bond donors (Lipinski definition) is 1. The highest BCUT2D eigenvalue weighted by molar-refractivity contribution is 7.99. The summed E-state index contributed by atoms with van der Waals surface area (Å²) in [7, 11) is 0. The van der Waals surface area contributed by atoms with E-state index in [2.05, 4.69) is 27.2 Å². The van der Waals surface area contributed by atoms with E-state index in [1.165, 1.54) is 23.5 Å². The van der Waals surface area contributed by atoms with Crippen molar-refractivity contribution < 1.29 is 9.21 Å². The zero-order valence-corrected chi connectivity index (χ0v) is 17.0. The minimum Gasteiger partial charge on any atom is -0.465 e. The Morgan fingerprint density at radius 3 is 2.77 bits per heavy atom. The molecule has 1 amide bonds. The van der Waals surface area contributed by atoms with Crippen LogP contribution in [0.15, 0.2) is 93.7 Å². The number of nitrogens with zero attached hydrogens (tertiary/aromatic N) is 3. The van der Waals surface area contributed by atoms with Crippen LogP contribution in [0.5, 0.6) is 0 Å². The maximum Gasteiger partial charge on any atom is 0.250 e. The number of rotatable bonds is 8. The Morgan fingerprint density at radius 1 is 1.10 bits per heavy atom. The maximum absolute atomic E-state index is 12.2. The Bertz CT molecular complexity index is 1160. The average molecular weight is 417 g/mol. The molecule has 4 rings (SSSR count). The Balaban J connectivity index is 1.39. The molecule has 7 heteroatoms. The molecule has 0 unspecified atom stereocenters. The number of furan rings is 1. The number of allylic oxidation sites excluding steroid dienone is 1. The highest BCUT2D eigenvalue weighted by Crippen LogP contribution is 2.25. The number of hydrazone groups is 1. The van der Waals surface area contributed by atoms with Gasteiger partial charge >= 0.3 is 0 Å². The second-order valence-corrected chi connectivity index (χ2v) is 7.37. The van der Waals surface area contributed by atoms with E-state index < -0.39 is 0 Å². The number of carbonyl (C=O) groups is 1. The van der Waals surface area contributed by atoms with Crippen LogP contribution >= 0.6 is 11.8 Å². The lowest BCUT2D eigenvalue weighted by Gasteiger charge is -2.09. The van der Waals surface area contributed by atoms with Crippen molar-refractivity contribution in [3.05, 3.63) is 90.4 Å². The summed E-state index contributed by atoms with van der Waals surface area (Å²) in [6.45, 7) is 0.695. The fraction of sp³-hybridized carbons (Fsp3) is 0.0870. The first kappa shape index (κ1) is 19.7. The van der Waals surface area contributed by atoms with Gasteiger partial charge in [-0.05, 0) is 42.0 Å². The van der Waals surface area contributed by atoms with Crippen molar-refractivity contribution in [2.24, 2.45) is 5.10 Å². The SMILES string of the molecule is O=C(CSc1nc2ccccc2n1Cc1ccccc1)N/N=C/C=C/c1ccco1. The van der Waals surface area contributed by atoms with Crippen molar-refractivity contribution in [2.75, 3.05) is 5.75 Å². The van der Waals surface area contributed by atoms with Crippen molar-refractivity contribution in [2.45, 2.75) is 11.7 Å². The Morgan fingerprint density at radius 2 is 1.93 bits per heavy atom. The molecule has 0 saturated carbocycles. The molecule has 6 nitrogen and oxygen atoms in total. The van der Waals surface area contributed by atoms with Crippen LogP contribution in [0.1, 0.15) is 11.3 Å². The molecule has 30 heavy (non-hydrogen) atoms. The number of hydrogen-bond acceptors (Lipinski definition) is 5. The Kier molecular flexibility index (Phi) is 6.41. The molecule has 1 N–H and O–H groups in total. The van der Waals surface area contributed by atoms with Gasteiger partial charge in [0.05, 0.1) is 29.6 Å². The lowest BCUT2D eigenvalue weighted by atomic mass is 10.2. The van der Waals surface area contributed by atoms with Crippen molar-refractivity contribution in [3.63, 3.8) is 0 Å². The summed E-state index contributed by atoms with van der Waals surface area (Å²) in [6, 6.07) is 21.8. The van der Waals surface area contributed by atoms with Gasteiger partial charge < -0.3 is 8.98 Å². The molecule has 2 aromatic heterocycles. The summed E-state index contributed by atoms with van der Waals surface area (Å²) in [5.74, 6) is 0.749. The Hall–Kier alpha value is -3.58. The van der Waals surface area contributed by atoms with E-state index in [-0.39, 0.29) is 11.7 Å². The first-order valence-electron chi connectivity index (χ1n) is 9.44. The zero-order valence-electron chi connectivity index (χ0n) is 16.1. The minimum atomic E-state index is -0.194. The van der Waals surface area contributed by atoms with Crippen molar-refractivity contribution >= 4 is 41.0 Å². The molecule has 4 aromatic rings. The molecular formula is C23H20N4O2S. The summed E-state index contributed by atoms with van der Waals surface area (Å²) in [5.41, 5.74) is 5.67. The van der Waals surface area contributed by atoms with Gasteiger partial charge in [0.25, 0.3) is 5.91 Å². The number of carbonyl (C=O) groups excluding carboxylic acids is 1. The number of aromatic nitrogens is 2. The highest BCUT2D eigenvalue weighted by Gasteiger charge is 2.13. The van der Waals surface area contributed by atoms with Gasteiger partial charge in [-0.2, -0.15) is 5.10 Å². The second-order valence-electron chi connectivity index (χ2n) is 6.43. The normalized spacial score (nSPS) is 11.6. The first-order chi connectivity index (χ1) is 14.8. The molecule has 0 atom stereocenters. The van der Waals surface area contributed by atoms with Crippen LogP contribution in [0.3, 0.4) is 0 Å². The number of thioether (sulfide) groups is 1. The summed E-state index contributed by atoms with van der Waals surface area (Å²) in [6.07, 6.45) is 6.57. The van der Waals surface area contributed by atoms with Gasteiger partial charge in [0.15, 0.2) is 5.16 Å². The summed E-state index contributed by atoms with van der Waals surface area (Å²) >= 11 is 1.39. The molecule has 150 valence electrons. The molecule has 2 aromatic carbocycles. The van der Waals surface area contributed by atoms with Crippen molar-refractivity contribution in [1.29, 1.82) is 0 Å². The predicted molar refractivity (Wildman–Crippen MR) is 120 cm³/mol. The molecule has 0 fully saturated rings. The molecule has 0 bridgehead atoms. The zero-order chi connectivity index (χ0) is 20.6. The lowest BCUT2D eigenvalue weighted by molar-refractivity contribution is -0.118. The Labute approximate surface area is 178 Å². The van der Waals surface area contributed by atoms with E-state index >= 15 is 0 Å². The molecular weight excluding hydrogens is 396 g/mol. The van der Waals surface area contributed by atoms with E-state index in [0.717, 1.165) is 22.0 Å². The molecule has 0 saturated heterocycles. The fourth-order valence-electron chi connectivity index (χ4n) is 2.92. The van der Waals surface area contributed by atoms with Crippen LogP contribution in [0.25, 0.3) is 17.1 Å².